The zero-order valence-electron chi connectivity index (χ0n) is 18.0. The highest BCUT2D eigenvalue weighted by atomic mass is 15.1. The van der Waals surface area contributed by atoms with Crippen LogP contribution in [0.1, 0.15) is 57.2 Å². The molecule has 0 amide bonds. The molecule has 0 spiro atoms. The van der Waals surface area contributed by atoms with Crippen LogP contribution in [0.4, 0.5) is 17.1 Å². The molecule has 0 atom stereocenters. The van der Waals surface area contributed by atoms with Crippen molar-refractivity contribution in [2.45, 2.75) is 59.3 Å². The van der Waals surface area contributed by atoms with Gasteiger partial charge in [0.2, 0.25) is 0 Å². The van der Waals surface area contributed by atoms with E-state index in [1.165, 1.54) is 46.6 Å². The molecule has 0 bridgehead atoms. The number of hydrogen-bond acceptors (Lipinski definition) is 1. The topological polar surface area (TPSA) is 3.24 Å². The fraction of sp³-hybridized carbons (Fsp3) is 0.333. The number of nitrogens with zero attached hydrogens (tertiary/aromatic N) is 1. The highest BCUT2D eigenvalue weighted by Crippen LogP contribution is 2.36. The largest absolute Gasteiger partial charge is 0.311 e. The fourth-order valence-electron chi connectivity index (χ4n) is 3.44. The highest BCUT2D eigenvalue weighted by molar-refractivity contribution is 5.76. The van der Waals surface area contributed by atoms with E-state index in [9.17, 15) is 0 Å². The Morgan fingerprint density at radius 3 is 1.61 bits per heavy atom. The molecule has 0 aliphatic heterocycles. The van der Waals surface area contributed by atoms with Crippen LogP contribution < -0.4 is 4.90 Å². The van der Waals surface area contributed by atoms with Crippen molar-refractivity contribution in [1.29, 1.82) is 0 Å². The van der Waals surface area contributed by atoms with E-state index in [0.29, 0.717) is 0 Å². The number of unbranched alkanes of at least 4 members (excludes halogenated alkanes) is 1. The number of rotatable bonds is 6. The Morgan fingerprint density at radius 1 is 0.679 bits per heavy atom. The molecule has 0 unspecified atom stereocenters. The summed E-state index contributed by atoms with van der Waals surface area (Å²) in [6.07, 6.45) is 3.63. The second-order valence-corrected chi connectivity index (χ2v) is 8.74. The van der Waals surface area contributed by atoms with Crippen LogP contribution in [0.25, 0.3) is 0 Å². The number of aryl methyl sites for hydroxylation is 2. The van der Waals surface area contributed by atoms with E-state index in [-0.39, 0.29) is 5.41 Å². The Morgan fingerprint density at radius 2 is 1.14 bits per heavy atom. The predicted molar refractivity (Wildman–Crippen MR) is 123 cm³/mol. The van der Waals surface area contributed by atoms with Crippen molar-refractivity contribution < 1.29 is 0 Å². The van der Waals surface area contributed by atoms with E-state index in [1.54, 1.807) is 0 Å². The maximum Gasteiger partial charge on any atom is 0.0461 e. The van der Waals surface area contributed by atoms with Crippen LogP contribution in [0.2, 0.25) is 0 Å². The third-order valence-corrected chi connectivity index (χ3v) is 5.30. The smallest absolute Gasteiger partial charge is 0.0461 e. The standard InChI is InChI=1S/C27H33N/c1-6-7-8-22-11-17-25(18-12-22)28(24-15-9-21(2)10-16-24)26-19-13-23(14-20-26)27(3,4)5/h9-20H,6-8H2,1-5H3. The van der Waals surface area contributed by atoms with Crippen molar-refractivity contribution in [1.82, 2.24) is 0 Å². The van der Waals surface area contributed by atoms with Gasteiger partial charge in [-0.2, -0.15) is 0 Å². The Kier molecular flexibility index (Phi) is 6.24. The summed E-state index contributed by atoms with van der Waals surface area (Å²) in [7, 11) is 0. The molecule has 0 heterocycles. The lowest BCUT2D eigenvalue weighted by atomic mass is 9.87. The third-order valence-electron chi connectivity index (χ3n) is 5.30. The normalized spacial score (nSPS) is 11.5. The summed E-state index contributed by atoms with van der Waals surface area (Å²) in [5.41, 5.74) is 7.80. The van der Waals surface area contributed by atoms with Gasteiger partial charge in [0.15, 0.2) is 0 Å². The Hall–Kier alpha value is -2.54. The SMILES string of the molecule is CCCCc1ccc(N(c2ccc(C)cc2)c2ccc(C(C)(C)C)cc2)cc1. The van der Waals surface area contributed by atoms with Crippen molar-refractivity contribution in [2.24, 2.45) is 0 Å². The van der Waals surface area contributed by atoms with Gasteiger partial charge >= 0.3 is 0 Å². The molecule has 0 fully saturated rings. The average Bonchev–Trinajstić information content (AvgIpc) is 2.69. The Balaban J connectivity index is 1.99. The zero-order chi connectivity index (χ0) is 20.1. The van der Waals surface area contributed by atoms with Crippen LogP contribution in [-0.4, -0.2) is 0 Å². The Labute approximate surface area is 171 Å². The molecule has 3 rings (SSSR count). The third kappa shape index (κ3) is 4.84. The van der Waals surface area contributed by atoms with Crippen molar-refractivity contribution in [3.8, 4) is 0 Å². The molecular formula is C27H33N. The van der Waals surface area contributed by atoms with E-state index in [0.717, 1.165) is 6.42 Å². The Bertz CT molecular complexity index is 866. The highest BCUT2D eigenvalue weighted by Gasteiger charge is 2.16. The van der Waals surface area contributed by atoms with Gasteiger partial charge < -0.3 is 4.90 Å². The van der Waals surface area contributed by atoms with Crippen LogP contribution in [0.3, 0.4) is 0 Å². The van der Waals surface area contributed by atoms with E-state index < -0.39 is 0 Å². The lowest BCUT2D eigenvalue weighted by Gasteiger charge is -2.27. The summed E-state index contributed by atoms with van der Waals surface area (Å²) in [5.74, 6) is 0. The summed E-state index contributed by atoms with van der Waals surface area (Å²) < 4.78 is 0. The maximum atomic E-state index is 2.34. The summed E-state index contributed by atoms with van der Waals surface area (Å²) in [6.45, 7) is 11.2. The minimum absolute atomic E-state index is 0.161. The summed E-state index contributed by atoms with van der Waals surface area (Å²) in [5, 5.41) is 0. The number of hydrogen-bond donors (Lipinski definition) is 0. The number of benzene rings is 3. The minimum atomic E-state index is 0.161. The van der Waals surface area contributed by atoms with Crippen molar-refractivity contribution in [3.05, 3.63) is 89.5 Å². The van der Waals surface area contributed by atoms with Crippen molar-refractivity contribution in [3.63, 3.8) is 0 Å². The van der Waals surface area contributed by atoms with Gasteiger partial charge in [-0.15, -0.1) is 0 Å². The molecule has 1 heteroatoms. The molecule has 0 saturated heterocycles. The van der Waals surface area contributed by atoms with Gasteiger partial charge in [0.1, 0.15) is 0 Å². The van der Waals surface area contributed by atoms with Gasteiger partial charge in [-0.05, 0) is 72.7 Å². The molecule has 1 nitrogen and oxygen atoms in total. The second kappa shape index (κ2) is 8.65. The molecule has 0 saturated carbocycles. The van der Waals surface area contributed by atoms with Crippen LogP contribution in [0, 0.1) is 6.92 Å². The molecular weight excluding hydrogens is 338 g/mol. The van der Waals surface area contributed by atoms with Crippen LogP contribution in [0.15, 0.2) is 72.8 Å². The molecule has 0 N–H and O–H groups in total. The fourth-order valence-corrected chi connectivity index (χ4v) is 3.44. The first-order chi connectivity index (χ1) is 13.4. The van der Waals surface area contributed by atoms with E-state index in [1.807, 2.05) is 0 Å². The minimum Gasteiger partial charge on any atom is -0.311 e. The van der Waals surface area contributed by atoms with Crippen LogP contribution >= 0.6 is 0 Å². The molecule has 146 valence electrons. The van der Waals surface area contributed by atoms with Crippen molar-refractivity contribution >= 4 is 17.1 Å². The zero-order valence-corrected chi connectivity index (χ0v) is 18.0. The lowest BCUT2D eigenvalue weighted by Crippen LogP contribution is -2.13. The quantitative estimate of drug-likeness (QED) is 0.423. The van der Waals surface area contributed by atoms with E-state index in [4.69, 9.17) is 0 Å². The average molecular weight is 372 g/mol. The summed E-state index contributed by atoms with van der Waals surface area (Å²) in [6, 6.07) is 26.8. The van der Waals surface area contributed by atoms with Crippen LogP contribution in [0.5, 0.6) is 0 Å². The molecule has 3 aromatic rings. The van der Waals surface area contributed by atoms with Gasteiger partial charge in [0.05, 0.1) is 0 Å². The first-order valence-corrected chi connectivity index (χ1v) is 10.4. The molecule has 28 heavy (non-hydrogen) atoms. The molecule has 0 aliphatic carbocycles. The van der Waals surface area contributed by atoms with Crippen molar-refractivity contribution in [2.75, 3.05) is 4.90 Å². The molecule has 3 aromatic carbocycles. The first-order valence-electron chi connectivity index (χ1n) is 10.4. The first kappa shape index (κ1) is 20.2. The summed E-state index contributed by atoms with van der Waals surface area (Å²) >= 11 is 0. The van der Waals surface area contributed by atoms with Gasteiger partial charge in [-0.3, -0.25) is 0 Å². The monoisotopic (exact) mass is 371 g/mol. The molecule has 0 aromatic heterocycles. The van der Waals surface area contributed by atoms with Crippen LogP contribution in [-0.2, 0) is 11.8 Å². The van der Waals surface area contributed by atoms with E-state index in [2.05, 4.69) is 112 Å². The summed E-state index contributed by atoms with van der Waals surface area (Å²) in [4.78, 5) is 2.34. The van der Waals surface area contributed by atoms with Gasteiger partial charge in [-0.1, -0.05) is 76.1 Å². The molecule has 0 aliphatic rings. The molecule has 0 radical (unpaired) electrons. The number of anilines is 3. The predicted octanol–water partition coefficient (Wildman–Crippen LogP) is 8.10. The van der Waals surface area contributed by atoms with Gasteiger partial charge in [0, 0.05) is 17.1 Å². The lowest BCUT2D eigenvalue weighted by molar-refractivity contribution is 0.590. The van der Waals surface area contributed by atoms with Gasteiger partial charge in [0.25, 0.3) is 0 Å². The second-order valence-electron chi connectivity index (χ2n) is 8.74. The maximum absolute atomic E-state index is 2.34. The van der Waals surface area contributed by atoms with Gasteiger partial charge in [-0.25, -0.2) is 0 Å². The van der Waals surface area contributed by atoms with E-state index >= 15 is 0 Å².